The van der Waals surface area contributed by atoms with E-state index >= 15 is 0 Å². The van der Waals surface area contributed by atoms with Gasteiger partial charge in [0.15, 0.2) is 0 Å². The van der Waals surface area contributed by atoms with Gasteiger partial charge in [-0.1, -0.05) is 25.5 Å². The highest BCUT2D eigenvalue weighted by Gasteiger charge is 2.21. The van der Waals surface area contributed by atoms with Gasteiger partial charge in [0.1, 0.15) is 0 Å². The summed E-state index contributed by atoms with van der Waals surface area (Å²) in [6, 6.07) is 7.20. The third-order valence-electron chi connectivity index (χ3n) is 3.56. The quantitative estimate of drug-likeness (QED) is 0.786. The second-order valence-electron chi connectivity index (χ2n) is 5.08. The van der Waals surface area contributed by atoms with E-state index in [0.717, 1.165) is 12.5 Å². The van der Waals surface area contributed by atoms with Crippen LogP contribution in [0, 0.1) is 11.8 Å². The highest BCUT2D eigenvalue weighted by Crippen LogP contribution is 2.29. The van der Waals surface area contributed by atoms with Gasteiger partial charge in [-0.3, -0.25) is 4.79 Å². The van der Waals surface area contributed by atoms with E-state index in [1.165, 1.54) is 19.3 Å². The fourth-order valence-electron chi connectivity index (χ4n) is 2.55. The number of hydrogen-bond acceptors (Lipinski definition) is 2. The number of hydrogen-bond donors (Lipinski definition) is 2. The molecule has 1 saturated carbocycles. The number of anilines is 1. The second kappa shape index (κ2) is 5.21. The average Bonchev–Trinajstić information content (AvgIpc) is 2.73. The lowest BCUT2D eigenvalue weighted by Gasteiger charge is -2.12. The first-order chi connectivity index (χ1) is 8.16. The van der Waals surface area contributed by atoms with E-state index in [4.69, 9.17) is 5.73 Å². The third-order valence-corrected chi connectivity index (χ3v) is 3.56. The van der Waals surface area contributed by atoms with Crippen LogP contribution in [-0.2, 0) is 0 Å². The number of benzene rings is 1. The lowest BCUT2D eigenvalue weighted by molar-refractivity contribution is 0.0948. The molecule has 2 rings (SSSR count). The Morgan fingerprint density at radius 3 is 2.82 bits per heavy atom. The summed E-state index contributed by atoms with van der Waals surface area (Å²) in [5.41, 5.74) is 6.89. The number of amides is 1. The standard InChI is InChI=1S/C14H20N2O/c1-10-6-7-11(8-10)9-16-14(17)12-4-2-3-5-13(12)15/h2-5,10-11H,6-9,15H2,1H3,(H,16,17). The molecule has 1 aromatic carbocycles. The molecule has 0 aliphatic heterocycles. The predicted molar refractivity (Wildman–Crippen MR) is 69.7 cm³/mol. The van der Waals surface area contributed by atoms with Gasteiger partial charge < -0.3 is 11.1 Å². The Kier molecular flexibility index (Phi) is 3.67. The molecule has 3 nitrogen and oxygen atoms in total. The summed E-state index contributed by atoms with van der Waals surface area (Å²) >= 11 is 0. The van der Waals surface area contributed by atoms with Gasteiger partial charge in [-0.2, -0.15) is 0 Å². The second-order valence-corrected chi connectivity index (χ2v) is 5.08. The molecule has 1 amide bonds. The Labute approximate surface area is 102 Å². The maximum Gasteiger partial charge on any atom is 0.253 e. The van der Waals surface area contributed by atoms with Crippen LogP contribution in [-0.4, -0.2) is 12.5 Å². The molecule has 0 saturated heterocycles. The molecule has 1 aromatic rings. The summed E-state index contributed by atoms with van der Waals surface area (Å²) < 4.78 is 0. The van der Waals surface area contributed by atoms with Gasteiger partial charge in [0.2, 0.25) is 0 Å². The number of nitrogens with two attached hydrogens (primary N) is 1. The normalized spacial score (nSPS) is 23.6. The smallest absolute Gasteiger partial charge is 0.253 e. The Bertz CT molecular complexity index is 403. The van der Waals surface area contributed by atoms with Gasteiger partial charge in [-0.15, -0.1) is 0 Å². The Morgan fingerprint density at radius 2 is 2.18 bits per heavy atom. The summed E-state index contributed by atoms with van der Waals surface area (Å²) in [6.07, 6.45) is 3.74. The lowest BCUT2D eigenvalue weighted by Crippen LogP contribution is -2.29. The molecule has 1 aliphatic carbocycles. The van der Waals surface area contributed by atoms with Crippen molar-refractivity contribution in [1.82, 2.24) is 5.32 Å². The SMILES string of the molecule is CC1CCC(CNC(=O)c2ccccc2N)C1. The van der Waals surface area contributed by atoms with Crippen molar-refractivity contribution in [1.29, 1.82) is 0 Å². The predicted octanol–water partition coefficient (Wildman–Crippen LogP) is 2.43. The van der Waals surface area contributed by atoms with Gasteiger partial charge in [-0.25, -0.2) is 0 Å². The molecule has 17 heavy (non-hydrogen) atoms. The van der Waals surface area contributed by atoms with Gasteiger partial charge in [0.05, 0.1) is 5.56 Å². The average molecular weight is 232 g/mol. The minimum absolute atomic E-state index is 0.0531. The fraction of sp³-hybridized carbons (Fsp3) is 0.500. The van der Waals surface area contributed by atoms with E-state index < -0.39 is 0 Å². The number of para-hydroxylation sites is 1. The number of nitrogens with one attached hydrogen (secondary N) is 1. The first-order valence-corrected chi connectivity index (χ1v) is 6.29. The molecule has 0 spiro atoms. The minimum Gasteiger partial charge on any atom is -0.398 e. The van der Waals surface area contributed by atoms with Gasteiger partial charge in [0.25, 0.3) is 5.91 Å². The van der Waals surface area contributed by atoms with Gasteiger partial charge >= 0.3 is 0 Å². The maximum atomic E-state index is 11.9. The van der Waals surface area contributed by atoms with Crippen LogP contribution < -0.4 is 11.1 Å². The van der Waals surface area contributed by atoms with Crippen LogP contribution in [0.3, 0.4) is 0 Å². The van der Waals surface area contributed by atoms with Crippen LogP contribution >= 0.6 is 0 Å². The van der Waals surface area contributed by atoms with Crippen LogP contribution in [0.25, 0.3) is 0 Å². The topological polar surface area (TPSA) is 55.1 Å². The zero-order valence-corrected chi connectivity index (χ0v) is 10.3. The van der Waals surface area contributed by atoms with Crippen molar-refractivity contribution in [2.45, 2.75) is 26.2 Å². The molecule has 2 unspecified atom stereocenters. The van der Waals surface area contributed by atoms with Crippen molar-refractivity contribution in [3.63, 3.8) is 0 Å². The van der Waals surface area contributed by atoms with Crippen molar-refractivity contribution in [2.75, 3.05) is 12.3 Å². The van der Waals surface area contributed by atoms with Crippen molar-refractivity contribution in [3.05, 3.63) is 29.8 Å². The Hall–Kier alpha value is -1.51. The van der Waals surface area contributed by atoms with Crippen molar-refractivity contribution in [2.24, 2.45) is 11.8 Å². The van der Waals surface area contributed by atoms with Crippen LogP contribution in [0.4, 0.5) is 5.69 Å². The molecule has 3 N–H and O–H groups in total. The third kappa shape index (κ3) is 2.99. The van der Waals surface area contributed by atoms with Crippen LogP contribution in [0.15, 0.2) is 24.3 Å². The lowest BCUT2D eigenvalue weighted by atomic mass is 10.1. The van der Waals surface area contributed by atoms with Crippen LogP contribution in [0.5, 0.6) is 0 Å². The van der Waals surface area contributed by atoms with Crippen LogP contribution in [0.1, 0.15) is 36.5 Å². The van der Waals surface area contributed by atoms with Crippen LogP contribution in [0.2, 0.25) is 0 Å². The number of nitrogen functional groups attached to an aromatic ring is 1. The zero-order chi connectivity index (χ0) is 12.3. The molecule has 0 bridgehead atoms. The monoisotopic (exact) mass is 232 g/mol. The first kappa shape index (κ1) is 12.0. The molecule has 0 radical (unpaired) electrons. The van der Waals surface area contributed by atoms with E-state index in [9.17, 15) is 4.79 Å². The number of carbonyl (C=O) groups excluding carboxylic acids is 1. The summed E-state index contributed by atoms with van der Waals surface area (Å²) in [7, 11) is 0. The van der Waals surface area contributed by atoms with Crippen molar-refractivity contribution >= 4 is 11.6 Å². The van der Waals surface area contributed by atoms with Crippen molar-refractivity contribution in [3.8, 4) is 0 Å². The van der Waals surface area contributed by atoms with E-state index in [0.29, 0.717) is 17.2 Å². The first-order valence-electron chi connectivity index (χ1n) is 6.29. The molecule has 3 heteroatoms. The minimum atomic E-state index is -0.0531. The molecule has 2 atom stereocenters. The van der Waals surface area contributed by atoms with E-state index in [-0.39, 0.29) is 5.91 Å². The molecular formula is C14H20N2O. The molecule has 1 fully saturated rings. The number of carbonyl (C=O) groups is 1. The van der Waals surface area contributed by atoms with E-state index in [1.807, 2.05) is 12.1 Å². The summed E-state index contributed by atoms with van der Waals surface area (Å²) in [5.74, 6) is 1.39. The summed E-state index contributed by atoms with van der Waals surface area (Å²) in [6.45, 7) is 3.05. The van der Waals surface area contributed by atoms with Crippen molar-refractivity contribution < 1.29 is 4.79 Å². The largest absolute Gasteiger partial charge is 0.398 e. The molecule has 0 aromatic heterocycles. The Balaban J connectivity index is 1.88. The molecular weight excluding hydrogens is 212 g/mol. The zero-order valence-electron chi connectivity index (χ0n) is 10.3. The molecule has 92 valence electrons. The summed E-state index contributed by atoms with van der Waals surface area (Å²) in [5, 5.41) is 2.98. The fourth-order valence-corrected chi connectivity index (χ4v) is 2.55. The highest BCUT2D eigenvalue weighted by molar-refractivity contribution is 5.99. The van der Waals surface area contributed by atoms with E-state index in [2.05, 4.69) is 12.2 Å². The van der Waals surface area contributed by atoms with E-state index in [1.54, 1.807) is 12.1 Å². The maximum absolute atomic E-state index is 11.9. The van der Waals surface area contributed by atoms with Gasteiger partial charge in [-0.05, 0) is 36.8 Å². The molecule has 1 aliphatic rings. The molecule has 0 heterocycles. The number of rotatable bonds is 3. The highest BCUT2D eigenvalue weighted by atomic mass is 16.1. The summed E-state index contributed by atoms with van der Waals surface area (Å²) in [4.78, 5) is 11.9. The Morgan fingerprint density at radius 1 is 1.41 bits per heavy atom. The van der Waals surface area contributed by atoms with Gasteiger partial charge in [0, 0.05) is 12.2 Å².